The molecule has 2 aliphatic rings. The summed E-state index contributed by atoms with van der Waals surface area (Å²) in [5.41, 5.74) is 3.55. The van der Waals surface area contributed by atoms with E-state index in [-0.39, 0.29) is 42.8 Å². The van der Waals surface area contributed by atoms with Crippen LogP contribution < -0.4 is 0 Å². The molecule has 1 fully saturated rings. The van der Waals surface area contributed by atoms with Crippen LogP contribution in [0.15, 0.2) is 53.7 Å². The molecule has 1 aliphatic carbocycles. The van der Waals surface area contributed by atoms with E-state index in [0.29, 0.717) is 22.4 Å². The van der Waals surface area contributed by atoms with E-state index in [0.717, 1.165) is 30.5 Å². The summed E-state index contributed by atoms with van der Waals surface area (Å²) >= 11 is 0. The van der Waals surface area contributed by atoms with Crippen molar-refractivity contribution in [2.75, 3.05) is 26.2 Å². The quantitative estimate of drug-likeness (QED) is 0.470. The van der Waals surface area contributed by atoms with E-state index in [1.165, 1.54) is 22.6 Å². The Labute approximate surface area is 201 Å². The minimum Gasteiger partial charge on any atom is -0.345 e. The molecule has 3 aromatic heterocycles. The Morgan fingerprint density at radius 3 is 2.57 bits per heavy atom. The summed E-state index contributed by atoms with van der Waals surface area (Å²) < 4.78 is 43.1. The van der Waals surface area contributed by atoms with E-state index in [9.17, 15) is 17.6 Å². The first-order valence-corrected chi connectivity index (χ1v) is 13.0. The van der Waals surface area contributed by atoms with E-state index in [1.807, 2.05) is 0 Å². The molecular weight excluding hydrogens is 471 g/mol. The number of rotatable bonds is 4. The average Bonchev–Trinajstić information content (AvgIpc) is 3.60. The Balaban J connectivity index is 1.22. The molecule has 1 amide bonds. The van der Waals surface area contributed by atoms with Crippen molar-refractivity contribution in [1.29, 1.82) is 0 Å². The van der Waals surface area contributed by atoms with E-state index in [4.69, 9.17) is 0 Å². The molecule has 6 rings (SSSR count). The molecule has 1 saturated heterocycles. The number of carbonyl (C=O) groups is 1. The molecule has 4 aromatic rings. The van der Waals surface area contributed by atoms with Crippen LogP contribution in [-0.4, -0.2) is 69.5 Å². The molecular formula is C24H23FN6O3S. The molecule has 1 aromatic carbocycles. The number of sulfonamides is 1. The predicted molar refractivity (Wildman–Crippen MR) is 126 cm³/mol. The number of fused-ring (bicyclic) bond motifs is 2. The molecule has 1 N–H and O–H groups in total. The number of hydrogen-bond donors (Lipinski definition) is 1. The average molecular weight is 495 g/mol. The van der Waals surface area contributed by atoms with Crippen LogP contribution >= 0.6 is 0 Å². The van der Waals surface area contributed by atoms with Crippen molar-refractivity contribution in [3.05, 3.63) is 71.6 Å². The number of pyridine rings is 1. The number of halogens is 1. The second-order valence-electron chi connectivity index (χ2n) is 8.76. The third kappa shape index (κ3) is 3.62. The van der Waals surface area contributed by atoms with Crippen LogP contribution in [0.4, 0.5) is 4.39 Å². The van der Waals surface area contributed by atoms with Gasteiger partial charge in [-0.05, 0) is 55.7 Å². The first-order chi connectivity index (χ1) is 16.9. The third-order valence-electron chi connectivity index (χ3n) is 6.76. The van der Waals surface area contributed by atoms with Crippen LogP contribution in [0.5, 0.6) is 0 Å². The van der Waals surface area contributed by atoms with E-state index in [2.05, 4.69) is 15.1 Å². The second-order valence-corrected chi connectivity index (χ2v) is 10.7. The van der Waals surface area contributed by atoms with Gasteiger partial charge >= 0.3 is 0 Å². The van der Waals surface area contributed by atoms with Crippen LogP contribution in [0.1, 0.15) is 28.2 Å². The number of piperazine rings is 1. The van der Waals surface area contributed by atoms with Crippen LogP contribution in [0.25, 0.3) is 16.7 Å². The molecule has 9 nitrogen and oxygen atoms in total. The number of nitrogens with one attached hydrogen (secondary N) is 1. The maximum absolute atomic E-state index is 13.4. The van der Waals surface area contributed by atoms with Gasteiger partial charge in [0.25, 0.3) is 5.91 Å². The Bertz CT molecular complexity index is 1540. The Kier molecular flexibility index (Phi) is 5.19. The second kappa shape index (κ2) is 8.28. The minimum atomic E-state index is -3.73. The van der Waals surface area contributed by atoms with Gasteiger partial charge in [-0.15, -0.1) is 0 Å². The number of hydrogen-bond acceptors (Lipinski definition) is 5. The van der Waals surface area contributed by atoms with E-state index >= 15 is 0 Å². The first kappa shape index (κ1) is 21.9. The van der Waals surface area contributed by atoms with Crippen molar-refractivity contribution in [3.63, 3.8) is 0 Å². The summed E-state index contributed by atoms with van der Waals surface area (Å²) in [6, 6.07) is 9.49. The molecule has 0 atom stereocenters. The first-order valence-electron chi connectivity index (χ1n) is 11.5. The summed E-state index contributed by atoms with van der Waals surface area (Å²) in [5.74, 6) is -0.525. The Morgan fingerprint density at radius 2 is 1.80 bits per heavy atom. The molecule has 11 heteroatoms. The molecule has 1 aliphatic heterocycles. The fraction of sp³-hybridized carbons (Fsp3) is 0.292. The molecule has 0 bridgehead atoms. The van der Waals surface area contributed by atoms with Crippen LogP contribution in [0.2, 0.25) is 0 Å². The fourth-order valence-corrected chi connectivity index (χ4v) is 6.54. The molecule has 0 saturated carbocycles. The molecule has 0 spiro atoms. The topological polar surface area (TPSA) is 104 Å². The number of carbonyl (C=O) groups excluding carboxylic acids is 1. The van der Waals surface area contributed by atoms with Gasteiger partial charge in [-0.25, -0.2) is 22.5 Å². The van der Waals surface area contributed by atoms with Crippen LogP contribution in [-0.2, 0) is 22.9 Å². The highest BCUT2D eigenvalue weighted by Crippen LogP contribution is 2.30. The number of aromatic nitrogens is 4. The van der Waals surface area contributed by atoms with Crippen molar-refractivity contribution in [1.82, 2.24) is 29.0 Å². The van der Waals surface area contributed by atoms with E-state index in [1.54, 1.807) is 40.0 Å². The maximum atomic E-state index is 13.4. The van der Waals surface area contributed by atoms with Crippen molar-refractivity contribution < 1.29 is 17.6 Å². The number of aromatic amines is 1. The zero-order valence-electron chi connectivity index (χ0n) is 18.8. The smallest absolute Gasteiger partial charge is 0.274 e. The Morgan fingerprint density at radius 1 is 1.03 bits per heavy atom. The number of H-pyrrole nitrogens is 1. The summed E-state index contributed by atoms with van der Waals surface area (Å²) in [6.45, 7) is 0.942. The lowest BCUT2D eigenvalue weighted by atomic mass is 10.1. The van der Waals surface area contributed by atoms with E-state index < -0.39 is 10.0 Å². The van der Waals surface area contributed by atoms with Crippen molar-refractivity contribution >= 4 is 27.0 Å². The molecule has 180 valence electrons. The van der Waals surface area contributed by atoms with Gasteiger partial charge in [0.05, 0.1) is 5.69 Å². The standard InChI is InChI=1S/C24H23FN6O3S/c25-16-6-8-17(9-7-16)31-20-5-1-3-18(20)22(28-31)24(32)29-11-13-30(14-12-29)35(33,34)21-15-27-23-19(21)4-2-10-26-23/h2,4,6-10,15H,1,3,5,11-14H2,(H,26,27). The lowest BCUT2D eigenvalue weighted by Crippen LogP contribution is -2.50. The molecule has 35 heavy (non-hydrogen) atoms. The predicted octanol–water partition coefficient (Wildman–Crippen LogP) is 2.52. The van der Waals surface area contributed by atoms with Gasteiger partial charge in [-0.2, -0.15) is 9.40 Å². The van der Waals surface area contributed by atoms with Crippen LogP contribution in [0.3, 0.4) is 0 Å². The lowest BCUT2D eigenvalue weighted by Gasteiger charge is -2.33. The highest BCUT2D eigenvalue weighted by Gasteiger charge is 2.35. The Hall–Kier alpha value is -3.57. The molecule has 4 heterocycles. The lowest BCUT2D eigenvalue weighted by molar-refractivity contribution is 0.0690. The van der Waals surface area contributed by atoms with Gasteiger partial charge in [-0.1, -0.05) is 0 Å². The number of benzene rings is 1. The van der Waals surface area contributed by atoms with Gasteiger partial charge in [0, 0.05) is 55.2 Å². The fourth-order valence-electron chi connectivity index (χ4n) is 4.97. The van der Waals surface area contributed by atoms with Gasteiger partial charge < -0.3 is 9.88 Å². The summed E-state index contributed by atoms with van der Waals surface area (Å²) in [7, 11) is -3.73. The molecule has 0 radical (unpaired) electrons. The highest BCUT2D eigenvalue weighted by molar-refractivity contribution is 7.89. The molecule has 0 unspecified atom stereocenters. The largest absolute Gasteiger partial charge is 0.345 e. The SMILES string of the molecule is O=C(c1nn(-c2ccc(F)cc2)c2c1CCC2)N1CCN(S(=O)(=O)c2c[nH]c3ncccc23)CC1. The van der Waals surface area contributed by atoms with Gasteiger partial charge in [0.15, 0.2) is 5.69 Å². The monoisotopic (exact) mass is 494 g/mol. The third-order valence-corrected chi connectivity index (χ3v) is 8.70. The zero-order valence-corrected chi connectivity index (χ0v) is 19.6. The van der Waals surface area contributed by atoms with Crippen molar-refractivity contribution in [3.8, 4) is 5.69 Å². The summed E-state index contributed by atoms with van der Waals surface area (Å²) in [4.78, 5) is 22.4. The van der Waals surface area contributed by atoms with Gasteiger partial charge in [0.1, 0.15) is 16.4 Å². The summed E-state index contributed by atoms with van der Waals surface area (Å²) in [6.07, 6.45) is 5.57. The van der Waals surface area contributed by atoms with Crippen LogP contribution in [0, 0.1) is 5.82 Å². The van der Waals surface area contributed by atoms with Crippen molar-refractivity contribution in [2.24, 2.45) is 0 Å². The normalized spacial score (nSPS) is 16.7. The highest BCUT2D eigenvalue weighted by atomic mass is 32.2. The van der Waals surface area contributed by atoms with Crippen molar-refractivity contribution in [2.45, 2.75) is 24.2 Å². The zero-order chi connectivity index (χ0) is 24.2. The summed E-state index contributed by atoms with van der Waals surface area (Å²) in [5, 5.41) is 5.16. The minimum absolute atomic E-state index is 0.191. The van der Waals surface area contributed by atoms with Gasteiger partial charge in [0.2, 0.25) is 10.0 Å². The number of amides is 1. The van der Waals surface area contributed by atoms with Gasteiger partial charge in [-0.3, -0.25) is 4.79 Å². The maximum Gasteiger partial charge on any atom is 0.274 e. The number of nitrogens with zero attached hydrogens (tertiary/aromatic N) is 5.